The number of aromatic amines is 2. The number of carboxylic acids is 1. The van der Waals surface area contributed by atoms with Gasteiger partial charge in [0.05, 0.1) is 48.7 Å². The third-order valence-electron chi connectivity index (χ3n) is 8.76. The molecule has 4 aromatic heterocycles. The van der Waals surface area contributed by atoms with Gasteiger partial charge in [-0.25, -0.2) is 9.78 Å². The Morgan fingerprint density at radius 3 is 2.42 bits per heavy atom. The number of nitrogens with zero attached hydrogens (tertiary/aromatic N) is 9. The van der Waals surface area contributed by atoms with E-state index in [1.54, 1.807) is 10.7 Å². The highest BCUT2D eigenvalue weighted by Gasteiger charge is 2.38. The minimum atomic E-state index is -5.08. The summed E-state index contributed by atoms with van der Waals surface area (Å²) in [5.74, 6) is -3.48. The van der Waals surface area contributed by atoms with Crippen molar-refractivity contribution >= 4 is 40.4 Å². The van der Waals surface area contributed by atoms with Gasteiger partial charge in [-0.05, 0) is 28.6 Å². The molecule has 0 bridgehead atoms. The van der Waals surface area contributed by atoms with Crippen LogP contribution >= 0.6 is 0 Å². The van der Waals surface area contributed by atoms with Crippen molar-refractivity contribution in [3.8, 4) is 22.8 Å². The van der Waals surface area contributed by atoms with Crippen LogP contribution in [0.2, 0.25) is 0 Å². The molecular formula is C33H35F3N12O7. The number of amides is 2. The lowest BCUT2D eigenvalue weighted by atomic mass is 10.1. The fraction of sp³-hybridized carbons (Fsp3) is 0.364. The summed E-state index contributed by atoms with van der Waals surface area (Å²) in [4.78, 5) is 62.2. The topological polar surface area (TPSA) is 230 Å². The summed E-state index contributed by atoms with van der Waals surface area (Å²) in [6.07, 6.45) is -2.13. The Morgan fingerprint density at radius 1 is 1.04 bits per heavy atom. The van der Waals surface area contributed by atoms with Crippen LogP contribution in [0.1, 0.15) is 20.8 Å². The molecule has 2 aliphatic rings. The zero-order valence-corrected chi connectivity index (χ0v) is 29.2. The number of ether oxygens (including phenoxy) is 2. The van der Waals surface area contributed by atoms with Crippen LogP contribution in [-0.4, -0.2) is 158 Å². The summed E-state index contributed by atoms with van der Waals surface area (Å²) in [5, 5.41) is 29.7. The molecule has 22 heteroatoms. The first kappa shape index (κ1) is 38.3. The second kappa shape index (κ2) is 16.7. The molecule has 2 aliphatic heterocycles. The third kappa shape index (κ3) is 8.70. The van der Waals surface area contributed by atoms with E-state index in [1.165, 1.54) is 24.4 Å². The van der Waals surface area contributed by atoms with Crippen molar-refractivity contribution in [1.82, 2.24) is 55.5 Å². The van der Waals surface area contributed by atoms with E-state index in [-0.39, 0.29) is 17.2 Å². The Morgan fingerprint density at radius 2 is 1.75 bits per heavy atom. The summed E-state index contributed by atoms with van der Waals surface area (Å²) in [6.45, 7) is 5.77. The number of nitrogens with one attached hydrogen (secondary N) is 3. The Labute approximate surface area is 309 Å². The molecule has 0 radical (unpaired) electrons. The number of anilines is 1. The van der Waals surface area contributed by atoms with Crippen molar-refractivity contribution < 1.29 is 46.9 Å². The Hall–Kier alpha value is -6.42. The molecule has 2 amide bonds. The molecule has 290 valence electrons. The van der Waals surface area contributed by atoms with Gasteiger partial charge in [0.1, 0.15) is 22.8 Å². The van der Waals surface area contributed by atoms with E-state index in [0.29, 0.717) is 79.9 Å². The monoisotopic (exact) mass is 768 g/mol. The Kier molecular flexibility index (Phi) is 11.6. The van der Waals surface area contributed by atoms with Crippen molar-refractivity contribution in [1.29, 1.82) is 0 Å². The number of benzene rings is 1. The number of piperazine rings is 1. The molecule has 0 spiro atoms. The summed E-state index contributed by atoms with van der Waals surface area (Å²) < 4.78 is 44.3. The van der Waals surface area contributed by atoms with Crippen LogP contribution in [0.4, 0.5) is 19.1 Å². The standard InChI is InChI=1S/C31H34N12O5.C2HF3O2/c1-47-24-19-34-26(22-17-23(36-35-22)29(45)32-7-8-40-13-15-48-16-14-40)27-25(24)21(18-33-27)28(44)30(46)41-9-11-42(12-10-41)31-37-38-39-43(31)20-5-3-2-4-6-20;3-2(4,5)1(6)7/h2-6,17-19,33H,7-16H2,1H3,(H,32,45)(H,35,36);(H,6,7). The molecule has 2 saturated heterocycles. The number of carboxylic acid groups (broad SMARTS) is 1. The predicted molar refractivity (Wildman–Crippen MR) is 186 cm³/mol. The highest BCUT2D eigenvalue weighted by molar-refractivity contribution is 6.45. The number of hydrogen-bond donors (Lipinski definition) is 4. The van der Waals surface area contributed by atoms with Gasteiger partial charge in [-0.2, -0.15) is 23.0 Å². The van der Waals surface area contributed by atoms with Crippen LogP contribution in [0.3, 0.4) is 0 Å². The molecule has 4 N–H and O–H groups in total. The first-order valence-electron chi connectivity index (χ1n) is 16.9. The minimum Gasteiger partial charge on any atom is -0.494 e. The molecule has 0 saturated carbocycles. The SMILES string of the molecule is COc1cnc(-c2cc(C(=O)NCCN3CCOCC3)[nH]n2)c2[nH]cc(C(=O)C(=O)N3CCN(c4nnnn4-c4ccccc4)CC3)c12.O=C(O)C(F)(F)F. The zero-order valence-electron chi connectivity index (χ0n) is 29.2. The minimum absolute atomic E-state index is 0.155. The van der Waals surface area contributed by atoms with Crippen molar-refractivity contribution in [3.63, 3.8) is 0 Å². The van der Waals surface area contributed by atoms with Crippen LogP contribution in [0.15, 0.2) is 48.8 Å². The van der Waals surface area contributed by atoms with E-state index in [1.807, 2.05) is 35.2 Å². The number of carbonyl (C=O) groups excluding carboxylic acids is 3. The van der Waals surface area contributed by atoms with Crippen molar-refractivity contribution in [2.24, 2.45) is 0 Å². The van der Waals surface area contributed by atoms with Gasteiger partial charge in [-0.1, -0.05) is 23.3 Å². The van der Waals surface area contributed by atoms with Gasteiger partial charge >= 0.3 is 12.1 Å². The quantitative estimate of drug-likeness (QED) is 0.116. The van der Waals surface area contributed by atoms with E-state index in [9.17, 15) is 27.6 Å². The molecule has 7 rings (SSSR count). The molecule has 6 heterocycles. The van der Waals surface area contributed by atoms with E-state index in [4.69, 9.17) is 19.4 Å². The number of para-hydroxylation sites is 1. The van der Waals surface area contributed by atoms with E-state index in [0.717, 1.165) is 25.3 Å². The molecule has 0 aliphatic carbocycles. The number of methoxy groups -OCH3 is 1. The van der Waals surface area contributed by atoms with Crippen molar-refractivity contribution in [3.05, 3.63) is 60.0 Å². The number of fused-ring (bicyclic) bond motifs is 1. The Bertz CT molecular complexity index is 2140. The van der Waals surface area contributed by atoms with E-state index < -0.39 is 23.8 Å². The largest absolute Gasteiger partial charge is 0.494 e. The zero-order chi connectivity index (χ0) is 39.1. The lowest BCUT2D eigenvalue weighted by molar-refractivity contribution is -0.192. The molecule has 0 atom stereocenters. The van der Waals surface area contributed by atoms with Crippen LogP contribution in [0, 0.1) is 0 Å². The average molecular weight is 769 g/mol. The maximum Gasteiger partial charge on any atom is 0.490 e. The van der Waals surface area contributed by atoms with Crippen LogP contribution in [-0.2, 0) is 14.3 Å². The smallest absolute Gasteiger partial charge is 0.490 e. The summed E-state index contributed by atoms with van der Waals surface area (Å²) >= 11 is 0. The predicted octanol–water partition coefficient (Wildman–Crippen LogP) is 1.16. The number of pyridine rings is 1. The fourth-order valence-corrected chi connectivity index (χ4v) is 5.94. The van der Waals surface area contributed by atoms with Gasteiger partial charge in [-0.15, -0.1) is 0 Å². The molecular weight excluding hydrogens is 733 g/mol. The van der Waals surface area contributed by atoms with Gasteiger partial charge in [0.15, 0.2) is 0 Å². The molecule has 1 aromatic carbocycles. The number of ketones is 1. The Balaban J connectivity index is 0.000000672. The number of aromatic nitrogens is 8. The molecule has 5 aromatic rings. The van der Waals surface area contributed by atoms with Crippen molar-refractivity contribution in [2.45, 2.75) is 6.18 Å². The number of H-pyrrole nitrogens is 2. The number of tetrazole rings is 1. The van der Waals surface area contributed by atoms with Gasteiger partial charge in [0.2, 0.25) is 5.95 Å². The fourth-order valence-electron chi connectivity index (χ4n) is 5.94. The number of halogens is 3. The summed E-state index contributed by atoms with van der Waals surface area (Å²) in [7, 11) is 1.47. The number of hydrogen-bond acceptors (Lipinski definition) is 13. The van der Waals surface area contributed by atoms with Crippen LogP contribution < -0.4 is 15.0 Å². The number of morpholine rings is 1. The van der Waals surface area contributed by atoms with Gasteiger partial charge in [0, 0.05) is 58.6 Å². The molecule has 19 nitrogen and oxygen atoms in total. The first-order chi connectivity index (χ1) is 26.5. The van der Waals surface area contributed by atoms with Crippen LogP contribution in [0.5, 0.6) is 5.75 Å². The second-order valence-corrected chi connectivity index (χ2v) is 12.1. The van der Waals surface area contributed by atoms with Gasteiger partial charge in [0.25, 0.3) is 17.6 Å². The summed E-state index contributed by atoms with van der Waals surface area (Å²) in [6, 6.07) is 11.1. The second-order valence-electron chi connectivity index (χ2n) is 12.1. The number of alkyl halides is 3. The van der Waals surface area contributed by atoms with Crippen molar-refractivity contribution in [2.75, 3.05) is 77.6 Å². The van der Waals surface area contributed by atoms with E-state index in [2.05, 4.69) is 45.9 Å². The molecule has 55 heavy (non-hydrogen) atoms. The normalized spacial score (nSPS) is 15.0. The highest BCUT2D eigenvalue weighted by atomic mass is 19.4. The number of carbonyl (C=O) groups is 4. The first-order valence-corrected chi connectivity index (χ1v) is 16.9. The molecule has 2 fully saturated rings. The summed E-state index contributed by atoms with van der Waals surface area (Å²) in [5.41, 5.74) is 2.49. The highest BCUT2D eigenvalue weighted by Crippen LogP contribution is 2.34. The molecule has 0 unspecified atom stereocenters. The average Bonchev–Trinajstić information content (AvgIpc) is 3.99. The van der Waals surface area contributed by atoms with Crippen LogP contribution in [0.25, 0.3) is 28.0 Å². The lowest BCUT2D eigenvalue weighted by Crippen LogP contribution is -2.51. The number of aliphatic carboxylic acids is 1. The number of rotatable bonds is 10. The van der Waals surface area contributed by atoms with E-state index >= 15 is 0 Å². The lowest BCUT2D eigenvalue weighted by Gasteiger charge is -2.34. The van der Waals surface area contributed by atoms with Gasteiger partial charge in [-0.3, -0.25) is 24.4 Å². The maximum absolute atomic E-state index is 13.7. The van der Waals surface area contributed by atoms with Gasteiger partial charge < -0.3 is 34.7 Å². The number of Topliss-reactive ketones (excluding diaryl/α,β-unsaturated/α-hetero) is 1. The third-order valence-corrected chi connectivity index (χ3v) is 8.76. The maximum atomic E-state index is 13.7.